The number of hydrogen-bond donors (Lipinski definition) is 4. The van der Waals surface area contributed by atoms with Crippen LogP contribution >= 0.6 is 0 Å². The van der Waals surface area contributed by atoms with Crippen molar-refractivity contribution in [2.24, 2.45) is 0 Å². The molecular formula is H10BBiO4Si. The van der Waals surface area contributed by atoms with E-state index in [1.165, 1.54) is 0 Å². The first-order valence-electron chi connectivity index (χ1n) is 0.894. The van der Waals surface area contributed by atoms with E-state index in [1.54, 1.807) is 0 Å². The summed E-state index contributed by atoms with van der Waals surface area (Å²) in [6.45, 7) is 0. The van der Waals surface area contributed by atoms with Crippen molar-refractivity contribution in [1.82, 2.24) is 0 Å². The zero-order valence-electron chi connectivity index (χ0n) is 3.00. The normalized spacial score (nSPS) is 8.57. The zero-order chi connectivity index (χ0) is 4.50. The van der Waals surface area contributed by atoms with Gasteiger partial charge in [0, 0.05) is 0 Å². The van der Waals surface area contributed by atoms with Gasteiger partial charge in [0.05, 0.1) is 8.41 Å². The van der Waals surface area contributed by atoms with Gasteiger partial charge in [-0.1, -0.05) is 0 Å². The molecule has 46 valence electrons. The predicted octanol–water partition coefficient (Wildman–Crippen LogP) is -4.98. The molecule has 7 heavy (non-hydrogen) atoms. The standard InChI is InChI=1S/BH3.Bi.H4O4Si.3H/c;;1-5(2,3)4;;;/h1H3;;1-4H;;;. The van der Waals surface area contributed by atoms with Crippen molar-refractivity contribution in [3.63, 3.8) is 0 Å². The summed E-state index contributed by atoms with van der Waals surface area (Å²) in [6.07, 6.45) is 0. The molecule has 4 N–H and O–H groups in total. The van der Waals surface area contributed by atoms with Crippen LogP contribution in [0.25, 0.3) is 0 Å². The molecule has 4 nitrogen and oxygen atoms in total. The summed E-state index contributed by atoms with van der Waals surface area (Å²) in [5.41, 5.74) is 0. The summed E-state index contributed by atoms with van der Waals surface area (Å²) < 4.78 is 0. The van der Waals surface area contributed by atoms with Crippen LogP contribution < -0.4 is 0 Å². The van der Waals surface area contributed by atoms with Gasteiger partial charge in [-0.15, -0.1) is 0 Å². The van der Waals surface area contributed by atoms with Crippen LogP contribution in [-0.4, -0.2) is 62.8 Å². The Labute approximate surface area is 63.0 Å². The van der Waals surface area contributed by atoms with E-state index in [2.05, 4.69) is 0 Å². The predicted molar refractivity (Wildman–Crippen MR) is 34.5 cm³/mol. The molecule has 0 spiro atoms. The van der Waals surface area contributed by atoms with Gasteiger partial charge in [0.25, 0.3) is 0 Å². The fourth-order valence-electron chi connectivity index (χ4n) is 0. The summed E-state index contributed by atoms with van der Waals surface area (Å²) in [6, 6.07) is 0. The van der Waals surface area contributed by atoms with E-state index in [0.717, 1.165) is 0 Å². The van der Waals surface area contributed by atoms with E-state index in [1.807, 2.05) is 0 Å². The average molecular weight is 322 g/mol. The van der Waals surface area contributed by atoms with Crippen molar-refractivity contribution in [1.29, 1.82) is 0 Å². The van der Waals surface area contributed by atoms with Crippen LogP contribution in [0, 0.1) is 0 Å². The minimum absolute atomic E-state index is 0. The van der Waals surface area contributed by atoms with Gasteiger partial charge >= 0.3 is 35.3 Å². The molecular weight excluding hydrogens is 312 g/mol. The summed E-state index contributed by atoms with van der Waals surface area (Å²) in [4.78, 5) is 29.3. The minimum atomic E-state index is -4.61. The van der Waals surface area contributed by atoms with Gasteiger partial charge in [0.1, 0.15) is 0 Å². The third-order valence-electron chi connectivity index (χ3n) is 0. The third-order valence-corrected chi connectivity index (χ3v) is 0. The second-order valence-corrected chi connectivity index (χ2v) is 1.80. The topological polar surface area (TPSA) is 80.9 Å². The van der Waals surface area contributed by atoms with Gasteiger partial charge in [-0.2, -0.15) is 0 Å². The molecule has 0 saturated carbocycles. The first kappa shape index (κ1) is 15.7. The van der Waals surface area contributed by atoms with E-state index in [4.69, 9.17) is 19.2 Å². The number of rotatable bonds is 0. The molecule has 0 aliphatic carbocycles. The quantitative estimate of drug-likeness (QED) is 0.337. The first-order valence-corrected chi connectivity index (χ1v) is 2.68. The zero-order valence-corrected chi connectivity index (χ0v) is 9.49. The Kier molecular flexibility index (Phi) is 11.5. The molecule has 0 aromatic carbocycles. The van der Waals surface area contributed by atoms with Gasteiger partial charge < -0.3 is 19.2 Å². The van der Waals surface area contributed by atoms with Crippen molar-refractivity contribution in [3.05, 3.63) is 0 Å². The fraction of sp³-hybridized carbons (Fsp3) is 0. The first-order chi connectivity index (χ1) is 2.00. The molecule has 0 rings (SSSR count). The molecule has 0 amide bonds. The average Bonchev–Trinajstić information content (AvgIpc) is 0.722. The second-order valence-electron chi connectivity index (χ2n) is 0.600. The molecule has 0 bridgehead atoms. The van der Waals surface area contributed by atoms with E-state index < -0.39 is 9.05 Å². The molecule has 0 aliphatic rings. The van der Waals surface area contributed by atoms with Crippen LogP contribution in [0.3, 0.4) is 0 Å². The van der Waals surface area contributed by atoms with E-state index in [9.17, 15) is 0 Å². The van der Waals surface area contributed by atoms with Gasteiger partial charge in [-0.3, -0.25) is 0 Å². The summed E-state index contributed by atoms with van der Waals surface area (Å²) in [5.74, 6) is 0. The van der Waals surface area contributed by atoms with Crippen LogP contribution in [0.2, 0.25) is 0 Å². The Balaban J connectivity index is -0.0000000800. The molecule has 0 heterocycles. The van der Waals surface area contributed by atoms with Gasteiger partial charge in [-0.05, 0) is 0 Å². The SMILES string of the molecule is B.O[Si](O)(O)O.[BiH3]. The molecule has 0 unspecified atom stereocenters. The Hall–Kier alpha value is 1.00. The van der Waals surface area contributed by atoms with Crippen LogP contribution in [0.15, 0.2) is 0 Å². The van der Waals surface area contributed by atoms with Gasteiger partial charge in [0.2, 0.25) is 0 Å². The Bertz CT molecular complexity index is 27.2. The maximum absolute atomic E-state index is 7.33. The van der Waals surface area contributed by atoms with Crippen molar-refractivity contribution in [3.8, 4) is 0 Å². The second kappa shape index (κ2) is 5.15. The molecule has 0 fully saturated rings. The van der Waals surface area contributed by atoms with E-state index in [-0.39, 0.29) is 34.6 Å². The third kappa shape index (κ3) is 174. The van der Waals surface area contributed by atoms with Gasteiger partial charge in [-0.25, -0.2) is 0 Å². The fourth-order valence-corrected chi connectivity index (χ4v) is 0. The molecule has 0 aromatic rings. The van der Waals surface area contributed by atoms with Crippen LogP contribution in [-0.2, 0) is 0 Å². The molecule has 0 saturated heterocycles. The Morgan fingerprint density at radius 1 is 0.857 bits per heavy atom. The van der Waals surface area contributed by atoms with Crippen molar-refractivity contribution >= 4 is 43.7 Å². The molecule has 0 atom stereocenters. The van der Waals surface area contributed by atoms with Crippen molar-refractivity contribution in [2.75, 3.05) is 0 Å². The Morgan fingerprint density at radius 3 is 0.857 bits per heavy atom. The maximum atomic E-state index is 7.33. The summed E-state index contributed by atoms with van der Waals surface area (Å²) >= 11 is 0. The summed E-state index contributed by atoms with van der Waals surface area (Å²) in [7, 11) is -4.61. The van der Waals surface area contributed by atoms with Gasteiger partial charge in [0.15, 0.2) is 0 Å². The van der Waals surface area contributed by atoms with Crippen LogP contribution in [0.5, 0.6) is 0 Å². The molecule has 0 aliphatic heterocycles. The molecule has 7 heteroatoms. The van der Waals surface area contributed by atoms with Crippen molar-refractivity contribution < 1.29 is 19.2 Å². The molecule has 0 radical (unpaired) electrons. The van der Waals surface area contributed by atoms with E-state index in [0.29, 0.717) is 0 Å². The van der Waals surface area contributed by atoms with E-state index >= 15 is 0 Å². The monoisotopic (exact) mass is 322 g/mol. The molecule has 0 aromatic heterocycles. The Morgan fingerprint density at radius 2 is 0.857 bits per heavy atom. The van der Waals surface area contributed by atoms with Crippen LogP contribution in [0.1, 0.15) is 0 Å². The van der Waals surface area contributed by atoms with Crippen molar-refractivity contribution in [2.45, 2.75) is 0 Å². The van der Waals surface area contributed by atoms with Crippen LogP contribution in [0.4, 0.5) is 0 Å². The summed E-state index contributed by atoms with van der Waals surface area (Å²) in [5, 5.41) is 0. The number of hydrogen-bond acceptors (Lipinski definition) is 4.